The Morgan fingerprint density at radius 1 is 1.53 bits per heavy atom. The van der Waals surface area contributed by atoms with Crippen molar-refractivity contribution in [3.8, 4) is 0 Å². The second-order valence-electron chi connectivity index (χ2n) is 3.37. The molecule has 0 bridgehead atoms. The smallest absolute Gasteiger partial charge is 0.128 e. The monoisotopic (exact) mass is 275 g/mol. The van der Waals surface area contributed by atoms with E-state index in [9.17, 15) is 4.39 Å². The molecule has 2 nitrogen and oxygen atoms in total. The number of ether oxygens (including phenoxy) is 1. The predicted molar refractivity (Wildman–Crippen MR) is 62.1 cm³/mol. The van der Waals surface area contributed by atoms with Crippen molar-refractivity contribution < 1.29 is 9.13 Å². The third-order valence-corrected chi connectivity index (χ3v) is 2.92. The summed E-state index contributed by atoms with van der Waals surface area (Å²) in [5.41, 5.74) is 6.43. The number of hydrogen-bond acceptors (Lipinski definition) is 2. The van der Waals surface area contributed by atoms with E-state index in [0.29, 0.717) is 5.56 Å². The number of halogens is 2. The van der Waals surface area contributed by atoms with Crippen molar-refractivity contribution in [1.82, 2.24) is 0 Å². The predicted octanol–water partition coefficient (Wildman–Crippen LogP) is 3.01. The van der Waals surface area contributed by atoms with Crippen molar-refractivity contribution in [1.29, 1.82) is 0 Å². The molecular formula is C11H15BrFNO. The molecule has 1 rings (SSSR count). The number of nitrogens with two attached hydrogens (primary N) is 1. The summed E-state index contributed by atoms with van der Waals surface area (Å²) in [5, 5.41) is 0. The van der Waals surface area contributed by atoms with E-state index in [0.717, 1.165) is 10.9 Å². The lowest BCUT2D eigenvalue weighted by Gasteiger charge is -2.22. The second kappa shape index (κ2) is 5.58. The third kappa shape index (κ3) is 3.00. The zero-order chi connectivity index (χ0) is 11.4. The van der Waals surface area contributed by atoms with E-state index >= 15 is 0 Å². The minimum Gasteiger partial charge on any atom is -0.379 e. The molecule has 0 fully saturated rings. The first-order chi connectivity index (χ1) is 7.10. The van der Waals surface area contributed by atoms with Gasteiger partial charge < -0.3 is 10.5 Å². The lowest BCUT2D eigenvalue weighted by Crippen LogP contribution is -2.28. The fraction of sp³-hybridized carbons (Fsp3) is 0.455. The van der Waals surface area contributed by atoms with Crippen LogP contribution in [-0.4, -0.2) is 13.2 Å². The van der Waals surface area contributed by atoms with E-state index in [1.165, 1.54) is 6.07 Å². The quantitative estimate of drug-likeness (QED) is 0.917. The molecule has 2 unspecified atom stereocenters. The maximum atomic E-state index is 13.5. The van der Waals surface area contributed by atoms with Gasteiger partial charge in [-0.15, -0.1) is 0 Å². The number of methoxy groups -OCH3 is 1. The molecular weight excluding hydrogens is 261 g/mol. The molecule has 15 heavy (non-hydrogen) atoms. The van der Waals surface area contributed by atoms with Crippen LogP contribution in [0, 0.1) is 5.82 Å². The average molecular weight is 276 g/mol. The third-order valence-electron chi connectivity index (χ3n) is 2.42. The highest BCUT2D eigenvalue weighted by molar-refractivity contribution is 9.10. The fourth-order valence-corrected chi connectivity index (χ4v) is 1.92. The summed E-state index contributed by atoms with van der Waals surface area (Å²) >= 11 is 3.29. The van der Waals surface area contributed by atoms with Gasteiger partial charge in [0.1, 0.15) is 5.82 Å². The first kappa shape index (κ1) is 12.6. The minimum atomic E-state index is -0.433. The summed E-state index contributed by atoms with van der Waals surface area (Å²) in [7, 11) is 1.59. The highest BCUT2D eigenvalue weighted by Gasteiger charge is 2.20. The summed E-state index contributed by atoms with van der Waals surface area (Å²) in [6, 6.07) is 4.32. The Labute approximate surface area is 97.7 Å². The molecule has 0 heterocycles. The normalized spacial score (nSPS) is 15.0. The highest BCUT2D eigenvalue weighted by Crippen LogP contribution is 2.24. The van der Waals surface area contributed by atoms with Gasteiger partial charge in [0.25, 0.3) is 0 Å². The van der Waals surface area contributed by atoms with E-state index in [-0.39, 0.29) is 11.9 Å². The standard InChI is InChI=1S/C11H15BrFNO/c1-3-10(15-2)11(14)8-6-7(12)4-5-9(8)13/h4-6,10-11H,3,14H2,1-2H3. The largest absolute Gasteiger partial charge is 0.379 e. The van der Waals surface area contributed by atoms with Gasteiger partial charge in [-0.05, 0) is 24.6 Å². The summed E-state index contributed by atoms with van der Waals surface area (Å²) in [6.07, 6.45) is 0.595. The van der Waals surface area contributed by atoms with E-state index < -0.39 is 6.04 Å². The van der Waals surface area contributed by atoms with Crippen LogP contribution in [0.3, 0.4) is 0 Å². The van der Waals surface area contributed by atoms with Gasteiger partial charge in [-0.1, -0.05) is 22.9 Å². The molecule has 0 aliphatic carbocycles. The molecule has 0 aromatic heterocycles. The Balaban J connectivity index is 2.98. The Morgan fingerprint density at radius 2 is 2.20 bits per heavy atom. The zero-order valence-corrected chi connectivity index (χ0v) is 10.4. The summed E-state index contributed by atoms with van der Waals surface area (Å²) < 4.78 is 19.5. The van der Waals surface area contributed by atoms with E-state index in [2.05, 4.69) is 15.9 Å². The van der Waals surface area contributed by atoms with Gasteiger partial charge in [-0.2, -0.15) is 0 Å². The van der Waals surface area contributed by atoms with Crippen LogP contribution in [-0.2, 0) is 4.74 Å². The van der Waals surface area contributed by atoms with Gasteiger partial charge in [0.2, 0.25) is 0 Å². The Kier molecular flexibility index (Phi) is 4.70. The molecule has 0 radical (unpaired) electrons. The Bertz CT molecular complexity index is 328. The van der Waals surface area contributed by atoms with Crippen molar-refractivity contribution >= 4 is 15.9 Å². The van der Waals surface area contributed by atoms with Crippen LogP contribution in [0.2, 0.25) is 0 Å². The second-order valence-corrected chi connectivity index (χ2v) is 4.29. The summed E-state index contributed by atoms with van der Waals surface area (Å²) in [6.45, 7) is 1.96. The number of rotatable bonds is 4. The lowest BCUT2D eigenvalue weighted by atomic mass is 10.00. The van der Waals surface area contributed by atoms with E-state index in [1.807, 2.05) is 6.92 Å². The molecule has 84 valence electrons. The maximum Gasteiger partial charge on any atom is 0.128 e. The maximum absolute atomic E-state index is 13.5. The molecule has 2 atom stereocenters. The van der Waals surface area contributed by atoms with Crippen LogP contribution in [0.25, 0.3) is 0 Å². The lowest BCUT2D eigenvalue weighted by molar-refractivity contribution is 0.0761. The molecule has 0 saturated heterocycles. The Hall–Kier alpha value is -0.450. The summed E-state index contributed by atoms with van der Waals surface area (Å²) in [4.78, 5) is 0. The van der Waals surface area contributed by atoms with Crippen molar-refractivity contribution in [2.45, 2.75) is 25.5 Å². The number of benzene rings is 1. The van der Waals surface area contributed by atoms with Gasteiger partial charge in [0, 0.05) is 17.1 Å². The topological polar surface area (TPSA) is 35.2 Å². The van der Waals surface area contributed by atoms with Crippen LogP contribution < -0.4 is 5.73 Å². The SMILES string of the molecule is CCC(OC)C(N)c1cc(Br)ccc1F. The fourth-order valence-electron chi connectivity index (χ4n) is 1.54. The number of hydrogen-bond donors (Lipinski definition) is 1. The molecule has 0 amide bonds. The molecule has 0 aliphatic rings. The van der Waals surface area contributed by atoms with Crippen LogP contribution in [0.1, 0.15) is 24.9 Å². The average Bonchev–Trinajstić information content (AvgIpc) is 2.23. The van der Waals surface area contributed by atoms with Crippen LogP contribution in [0.15, 0.2) is 22.7 Å². The van der Waals surface area contributed by atoms with Gasteiger partial charge in [0.05, 0.1) is 12.1 Å². The van der Waals surface area contributed by atoms with E-state index in [4.69, 9.17) is 10.5 Å². The van der Waals surface area contributed by atoms with Crippen LogP contribution >= 0.6 is 15.9 Å². The van der Waals surface area contributed by atoms with Gasteiger partial charge in [0.15, 0.2) is 0 Å². The van der Waals surface area contributed by atoms with Gasteiger partial charge in [-0.3, -0.25) is 0 Å². The van der Waals surface area contributed by atoms with Crippen LogP contribution in [0.4, 0.5) is 4.39 Å². The van der Waals surface area contributed by atoms with Crippen molar-refractivity contribution in [2.24, 2.45) is 5.73 Å². The first-order valence-electron chi connectivity index (χ1n) is 4.83. The zero-order valence-electron chi connectivity index (χ0n) is 8.84. The first-order valence-corrected chi connectivity index (χ1v) is 5.62. The minimum absolute atomic E-state index is 0.159. The molecule has 0 saturated carbocycles. The Morgan fingerprint density at radius 3 is 2.73 bits per heavy atom. The van der Waals surface area contributed by atoms with Gasteiger partial charge in [-0.25, -0.2) is 4.39 Å². The van der Waals surface area contributed by atoms with Crippen molar-refractivity contribution in [3.63, 3.8) is 0 Å². The summed E-state index contributed by atoms with van der Waals surface area (Å²) in [5.74, 6) is -0.291. The highest BCUT2D eigenvalue weighted by atomic mass is 79.9. The molecule has 1 aromatic rings. The molecule has 2 N–H and O–H groups in total. The van der Waals surface area contributed by atoms with Crippen molar-refractivity contribution in [2.75, 3.05) is 7.11 Å². The molecule has 0 aliphatic heterocycles. The van der Waals surface area contributed by atoms with E-state index in [1.54, 1.807) is 19.2 Å². The van der Waals surface area contributed by atoms with Gasteiger partial charge >= 0.3 is 0 Å². The molecule has 0 spiro atoms. The van der Waals surface area contributed by atoms with Crippen LogP contribution in [0.5, 0.6) is 0 Å². The molecule has 4 heteroatoms. The van der Waals surface area contributed by atoms with Crippen molar-refractivity contribution in [3.05, 3.63) is 34.1 Å². The molecule has 1 aromatic carbocycles.